The fraction of sp³-hybridized carbons (Fsp3) is 0.190. The highest BCUT2D eigenvalue weighted by Crippen LogP contribution is 2.31. The Morgan fingerprint density at radius 1 is 1.17 bits per heavy atom. The number of rotatable bonds is 4. The van der Waals surface area contributed by atoms with E-state index in [0.717, 1.165) is 17.7 Å². The van der Waals surface area contributed by atoms with Crippen LogP contribution in [0.15, 0.2) is 59.3 Å². The minimum Gasteiger partial charge on any atom is -0.436 e. The molecule has 0 fully saturated rings. The lowest BCUT2D eigenvalue weighted by Crippen LogP contribution is -2.26. The van der Waals surface area contributed by atoms with Gasteiger partial charge in [-0.25, -0.2) is 4.98 Å². The number of fused-ring (bicyclic) bond motifs is 1. The number of hydrogen-bond acceptors (Lipinski definition) is 4. The Balaban J connectivity index is 1.55. The molecule has 0 saturated heterocycles. The van der Waals surface area contributed by atoms with Crippen LogP contribution >= 0.6 is 0 Å². The van der Waals surface area contributed by atoms with E-state index in [1.54, 1.807) is 36.1 Å². The van der Waals surface area contributed by atoms with Crippen LogP contribution in [0.4, 0.5) is 13.2 Å². The van der Waals surface area contributed by atoms with Crippen molar-refractivity contribution in [3.05, 3.63) is 71.5 Å². The molecule has 1 atom stereocenters. The van der Waals surface area contributed by atoms with Gasteiger partial charge in [-0.15, -0.1) is 0 Å². The van der Waals surface area contributed by atoms with Gasteiger partial charge in [-0.05, 0) is 49.4 Å². The predicted molar refractivity (Wildman–Crippen MR) is 104 cm³/mol. The summed E-state index contributed by atoms with van der Waals surface area (Å²) in [6.45, 7) is 1.85. The number of nitrogens with zero attached hydrogens (tertiary/aromatic N) is 3. The average Bonchev–Trinajstić information content (AvgIpc) is 3.33. The second kappa shape index (κ2) is 7.33. The summed E-state index contributed by atoms with van der Waals surface area (Å²) >= 11 is 0. The first-order valence-electron chi connectivity index (χ1n) is 9.08. The molecule has 2 heterocycles. The number of carbonyl (C=O) groups is 1. The number of halogens is 3. The van der Waals surface area contributed by atoms with Crippen molar-refractivity contribution >= 4 is 17.0 Å². The van der Waals surface area contributed by atoms with Crippen molar-refractivity contribution in [3.8, 4) is 11.5 Å². The topological polar surface area (TPSA) is 73.0 Å². The number of alkyl halides is 3. The van der Waals surface area contributed by atoms with E-state index in [0.29, 0.717) is 22.2 Å². The lowest BCUT2D eigenvalue weighted by Gasteiger charge is -2.11. The van der Waals surface area contributed by atoms with Crippen LogP contribution < -0.4 is 5.32 Å². The Morgan fingerprint density at radius 3 is 2.53 bits per heavy atom. The zero-order valence-corrected chi connectivity index (χ0v) is 16.1. The number of aryl methyl sites for hydroxylation is 1. The highest BCUT2D eigenvalue weighted by Gasteiger charge is 2.30. The summed E-state index contributed by atoms with van der Waals surface area (Å²) in [6.07, 6.45) is -0.904. The van der Waals surface area contributed by atoms with Gasteiger partial charge in [0.05, 0.1) is 17.8 Å². The molecule has 4 aromatic rings. The summed E-state index contributed by atoms with van der Waals surface area (Å²) in [4.78, 5) is 16.9. The third kappa shape index (κ3) is 3.91. The van der Waals surface area contributed by atoms with Gasteiger partial charge >= 0.3 is 6.18 Å². The first kappa shape index (κ1) is 19.7. The van der Waals surface area contributed by atoms with Crippen molar-refractivity contribution in [2.75, 3.05) is 0 Å². The van der Waals surface area contributed by atoms with Gasteiger partial charge in [-0.1, -0.05) is 0 Å². The quantitative estimate of drug-likeness (QED) is 0.524. The molecule has 4 rings (SSSR count). The molecule has 0 aliphatic heterocycles. The smallest absolute Gasteiger partial charge is 0.416 e. The van der Waals surface area contributed by atoms with Gasteiger partial charge in [-0.2, -0.15) is 18.3 Å². The number of aromatic nitrogens is 3. The van der Waals surface area contributed by atoms with Crippen molar-refractivity contribution in [1.82, 2.24) is 20.1 Å². The maximum absolute atomic E-state index is 12.7. The minimum absolute atomic E-state index is 0.181. The van der Waals surface area contributed by atoms with Crippen LogP contribution in [0.5, 0.6) is 0 Å². The molecule has 2 aromatic carbocycles. The normalized spacial score (nSPS) is 12.8. The molecule has 0 radical (unpaired) electrons. The molecule has 6 nitrogen and oxygen atoms in total. The van der Waals surface area contributed by atoms with E-state index in [-0.39, 0.29) is 17.8 Å². The highest BCUT2D eigenvalue weighted by molar-refractivity contribution is 5.97. The molecule has 0 saturated carbocycles. The summed E-state index contributed by atoms with van der Waals surface area (Å²) in [6, 6.07) is 9.12. The lowest BCUT2D eigenvalue weighted by molar-refractivity contribution is -0.137. The third-order valence-corrected chi connectivity index (χ3v) is 4.68. The summed E-state index contributed by atoms with van der Waals surface area (Å²) in [5, 5.41) is 6.98. The fourth-order valence-electron chi connectivity index (χ4n) is 3.02. The molecule has 30 heavy (non-hydrogen) atoms. The summed E-state index contributed by atoms with van der Waals surface area (Å²) in [5.74, 6) is -0.104. The molecular formula is C21H17F3N4O2. The largest absolute Gasteiger partial charge is 0.436 e. The van der Waals surface area contributed by atoms with Crippen LogP contribution in [-0.2, 0) is 13.2 Å². The van der Waals surface area contributed by atoms with Crippen LogP contribution in [-0.4, -0.2) is 20.7 Å². The maximum atomic E-state index is 12.7. The van der Waals surface area contributed by atoms with E-state index in [2.05, 4.69) is 15.4 Å². The molecule has 0 aliphatic rings. The Morgan fingerprint density at radius 2 is 1.90 bits per heavy atom. The molecule has 0 spiro atoms. The standard InChI is InChI=1S/C21H17F3N4O2/c1-12(15-10-25-28(2)11-15)26-19(29)14-5-8-18-17(9-14)27-20(30-18)13-3-6-16(7-4-13)21(22,23)24/h3-12H,1-2H3,(H,26,29)/t12-/m1/s1. The van der Waals surface area contributed by atoms with Crippen molar-refractivity contribution in [3.63, 3.8) is 0 Å². The van der Waals surface area contributed by atoms with Gasteiger partial charge in [0.25, 0.3) is 5.91 Å². The monoisotopic (exact) mass is 414 g/mol. The van der Waals surface area contributed by atoms with Crippen molar-refractivity contribution in [2.24, 2.45) is 7.05 Å². The van der Waals surface area contributed by atoms with Gasteiger partial charge in [0.1, 0.15) is 5.52 Å². The van der Waals surface area contributed by atoms with E-state index < -0.39 is 11.7 Å². The molecule has 0 bridgehead atoms. The highest BCUT2D eigenvalue weighted by atomic mass is 19.4. The third-order valence-electron chi connectivity index (χ3n) is 4.68. The predicted octanol–water partition coefficient (Wildman–Crippen LogP) is 4.74. The van der Waals surface area contributed by atoms with E-state index in [1.807, 2.05) is 13.1 Å². The van der Waals surface area contributed by atoms with Crippen LogP contribution in [0, 0.1) is 0 Å². The number of benzene rings is 2. The fourth-order valence-corrected chi connectivity index (χ4v) is 3.02. The average molecular weight is 414 g/mol. The summed E-state index contributed by atoms with van der Waals surface area (Å²) < 4.78 is 45.5. The molecule has 154 valence electrons. The summed E-state index contributed by atoms with van der Waals surface area (Å²) in [7, 11) is 1.80. The lowest BCUT2D eigenvalue weighted by atomic mass is 10.1. The first-order chi connectivity index (χ1) is 14.2. The summed E-state index contributed by atoms with van der Waals surface area (Å²) in [5.41, 5.74) is 1.80. The zero-order chi connectivity index (χ0) is 21.5. The van der Waals surface area contributed by atoms with Crippen LogP contribution in [0.3, 0.4) is 0 Å². The molecule has 9 heteroatoms. The second-order valence-corrected chi connectivity index (χ2v) is 6.92. The molecule has 1 amide bonds. The van der Waals surface area contributed by atoms with Crippen molar-refractivity contribution in [2.45, 2.75) is 19.1 Å². The Hall–Kier alpha value is -3.62. The number of nitrogens with one attached hydrogen (secondary N) is 1. The van der Waals surface area contributed by atoms with Crippen LogP contribution in [0.1, 0.15) is 34.5 Å². The molecule has 2 aromatic heterocycles. The second-order valence-electron chi connectivity index (χ2n) is 6.92. The Kier molecular flexibility index (Phi) is 4.81. The Bertz CT molecular complexity index is 1210. The van der Waals surface area contributed by atoms with Gasteiger partial charge in [0.2, 0.25) is 5.89 Å². The van der Waals surface area contributed by atoms with E-state index in [4.69, 9.17) is 4.42 Å². The van der Waals surface area contributed by atoms with Crippen molar-refractivity contribution < 1.29 is 22.4 Å². The van der Waals surface area contributed by atoms with Gasteiger partial charge < -0.3 is 9.73 Å². The van der Waals surface area contributed by atoms with Gasteiger partial charge in [0, 0.05) is 29.9 Å². The van der Waals surface area contributed by atoms with E-state index in [9.17, 15) is 18.0 Å². The van der Waals surface area contributed by atoms with E-state index >= 15 is 0 Å². The first-order valence-corrected chi connectivity index (χ1v) is 9.08. The molecule has 0 unspecified atom stereocenters. The number of oxazole rings is 1. The Labute approximate surface area is 169 Å². The SMILES string of the molecule is C[C@@H](NC(=O)c1ccc2oc(-c3ccc(C(F)(F)F)cc3)nc2c1)c1cnn(C)c1. The number of amides is 1. The maximum Gasteiger partial charge on any atom is 0.416 e. The van der Waals surface area contributed by atoms with Gasteiger partial charge in [0.15, 0.2) is 5.58 Å². The molecule has 0 aliphatic carbocycles. The molecular weight excluding hydrogens is 397 g/mol. The minimum atomic E-state index is -4.41. The van der Waals surface area contributed by atoms with Crippen LogP contribution in [0.2, 0.25) is 0 Å². The van der Waals surface area contributed by atoms with Crippen molar-refractivity contribution in [1.29, 1.82) is 0 Å². The number of hydrogen-bond donors (Lipinski definition) is 1. The van der Waals surface area contributed by atoms with Gasteiger partial charge in [-0.3, -0.25) is 9.48 Å². The number of carbonyl (C=O) groups excluding carboxylic acids is 1. The van der Waals surface area contributed by atoms with E-state index in [1.165, 1.54) is 12.1 Å². The van der Waals surface area contributed by atoms with Crippen LogP contribution in [0.25, 0.3) is 22.6 Å². The molecule has 1 N–H and O–H groups in total. The zero-order valence-electron chi connectivity index (χ0n) is 16.1.